The summed E-state index contributed by atoms with van der Waals surface area (Å²) in [5, 5.41) is 2.62. The quantitative estimate of drug-likeness (QED) is 0.641. The summed E-state index contributed by atoms with van der Waals surface area (Å²) >= 11 is 0. The Morgan fingerprint density at radius 1 is 1.10 bits per heavy atom. The smallest absolute Gasteiger partial charge is 0.338 e. The predicted octanol–water partition coefficient (Wildman–Crippen LogP) is 2.56. The molecule has 10 heteroatoms. The van der Waals surface area contributed by atoms with Crippen molar-refractivity contribution >= 4 is 33.5 Å². The zero-order valence-electron chi connectivity index (χ0n) is 17.2. The molecule has 0 radical (unpaired) electrons. The maximum Gasteiger partial charge on any atom is 0.338 e. The number of esters is 1. The van der Waals surface area contributed by atoms with Crippen molar-refractivity contribution in [1.29, 1.82) is 0 Å². The number of ether oxygens (including phenoxy) is 1. The number of nitrogens with zero attached hydrogens (tertiary/aromatic N) is 2. The van der Waals surface area contributed by atoms with E-state index >= 15 is 0 Å². The molecule has 0 aliphatic rings. The van der Waals surface area contributed by atoms with E-state index in [4.69, 9.17) is 4.74 Å². The lowest BCUT2D eigenvalue weighted by Gasteiger charge is -2.27. The van der Waals surface area contributed by atoms with E-state index in [-0.39, 0.29) is 17.9 Å². The number of hydrogen-bond acceptors (Lipinski definition) is 5. The van der Waals surface area contributed by atoms with Crippen LogP contribution in [0.25, 0.3) is 0 Å². The summed E-state index contributed by atoms with van der Waals surface area (Å²) in [6, 6.07) is 9.46. The fourth-order valence-corrected chi connectivity index (χ4v) is 3.59. The number of rotatable bonds is 8. The Morgan fingerprint density at radius 3 is 2.30 bits per heavy atom. The lowest BCUT2D eigenvalue weighted by Crippen LogP contribution is -2.44. The van der Waals surface area contributed by atoms with Gasteiger partial charge in [0, 0.05) is 19.8 Å². The first kappa shape index (κ1) is 23.3. The van der Waals surface area contributed by atoms with Crippen LogP contribution in [-0.4, -0.2) is 51.8 Å². The fraction of sp³-hybridized carbons (Fsp3) is 0.300. The number of amides is 1. The summed E-state index contributed by atoms with van der Waals surface area (Å²) in [7, 11) is -1.36. The van der Waals surface area contributed by atoms with Gasteiger partial charge in [-0.2, -0.15) is 12.7 Å². The molecule has 2 aromatic carbocycles. The van der Waals surface area contributed by atoms with Crippen molar-refractivity contribution < 1.29 is 27.1 Å². The van der Waals surface area contributed by atoms with Crippen LogP contribution in [0.5, 0.6) is 0 Å². The second-order valence-corrected chi connectivity index (χ2v) is 8.64. The maximum atomic E-state index is 13.3. The van der Waals surface area contributed by atoms with Gasteiger partial charge in [-0.15, -0.1) is 0 Å². The Morgan fingerprint density at radius 2 is 1.73 bits per heavy atom. The maximum absolute atomic E-state index is 13.3. The van der Waals surface area contributed by atoms with E-state index in [2.05, 4.69) is 5.32 Å². The lowest BCUT2D eigenvalue weighted by atomic mass is 10.1. The number of nitrogens with one attached hydrogen (secondary N) is 1. The van der Waals surface area contributed by atoms with Crippen molar-refractivity contribution in [3.05, 3.63) is 59.4 Å². The molecule has 0 aromatic heterocycles. The number of anilines is 2. The van der Waals surface area contributed by atoms with Crippen LogP contribution in [0.3, 0.4) is 0 Å². The van der Waals surface area contributed by atoms with Crippen LogP contribution in [-0.2, 0) is 19.7 Å². The van der Waals surface area contributed by atoms with Gasteiger partial charge in [-0.25, -0.2) is 13.5 Å². The van der Waals surface area contributed by atoms with Crippen LogP contribution < -0.4 is 9.62 Å². The molecule has 30 heavy (non-hydrogen) atoms. The van der Waals surface area contributed by atoms with Gasteiger partial charge in [0.15, 0.2) is 0 Å². The number of halogens is 1. The van der Waals surface area contributed by atoms with E-state index in [0.717, 1.165) is 20.7 Å². The third-order valence-electron chi connectivity index (χ3n) is 4.16. The molecule has 162 valence electrons. The molecule has 8 nitrogen and oxygen atoms in total. The third-order valence-corrected chi connectivity index (χ3v) is 5.98. The van der Waals surface area contributed by atoms with Gasteiger partial charge in [-0.05, 0) is 55.8 Å². The minimum atomic E-state index is -4.02. The summed E-state index contributed by atoms with van der Waals surface area (Å²) in [5.74, 6) is -1.69. The third kappa shape index (κ3) is 5.55. The highest BCUT2D eigenvalue weighted by molar-refractivity contribution is 7.90. The highest BCUT2D eigenvalue weighted by Crippen LogP contribution is 2.21. The fourth-order valence-electron chi connectivity index (χ4n) is 2.53. The summed E-state index contributed by atoms with van der Waals surface area (Å²) in [4.78, 5) is 24.6. The van der Waals surface area contributed by atoms with Crippen molar-refractivity contribution in [3.8, 4) is 0 Å². The van der Waals surface area contributed by atoms with Crippen LogP contribution in [0, 0.1) is 12.7 Å². The molecule has 0 aliphatic heterocycles. The molecule has 1 N–H and O–H groups in total. The topological polar surface area (TPSA) is 96.0 Å². The molecule has 0 heterocycles. The van der Waals surface area contributed by atoms with Crippen molar-refractivity contribution in [3.63, 3.8) is 0 Å². The minimum absolute atomic E-state index is 0.136. The highest BCUT2D eigenvalue weighted by Gasteiger charge is 2.27. The number of benzene rings is 2. The second-order valence-electron chi connectivity index (χ2n) is 6.57. The van der Waals surface area contributed by atoms with Crippen molar-refractivity contribution in [1.82, 2.24) is 4.31 Å². The molecule has 0 saturated heterocycles. The first-order valence-corrected chi connectivity index (χ1v) is 10.5. The molecular formula is C20H24FN3O5S. The Hall–Kier alpha value is -2.98. The van der Waals surface area contributed by atoms with E-state index in [9.17, 15) is 22.4 Å². The second kappa shape index (κ2) is 9.68. The van der Waals surface area contributed by atoms with Crippen LogP contribution in [0.4, 0.5) is 15.8 Å². The molecule has 0 aliphatic carbocycles. The zero-order chi connectivity index (χ0) is 22.5. The van der Waals surface area contributed by atoms with E-state index in [0.29, 0.717) is 11.3 Å². The molecule has 0 spiro atoms. The van der Waals surface area contributed by atoms with Gasteiger partial charge in [-0.3, -0.25) is 4.79 Å². The van der Waals surface area contributed by atoms with Crippen LogP contribution in [0.2, 0.25) is 0 Å². The van der Waals surface area contributed by atoms with E-state index in [1.807, 2.05) is 0 Å². The zero-order valence-corrected chi connectivity index (χ0v) is 18.0. The molecule has 2 rings (SSSR count). The summed E-state index contributed by atoms with van der Waals surface area (Å²) < 4.78 is 45.4. The number of aryl methyl sites for hydroxylation is 1. The van der Waals surface area contributed by atoms with Crippen molar-refractivity contribution in [2.24, 2.45) is 0 Å². The molecule has 2 aromatic rings. The van der Waals surface area contributed by atoms with Crippen LogP contribution in [0.1, 0.15) is 22.8 Å². The standard InChI is InChI=1S/C20H24FN3O5S/c1-5-29-20(26)15-7-6-14(2)18(12-15)22-19(25)13-24(30(27,28)23(3)4)17-10-8-16(21)9-11-17/h6-12H,5,13H2,1-4H3,(H,22,25). The molecular weight excluding hydrogens is 413 g/mol. The van der Waals surface area contributed by atoms with E-state index < -0.39 is 34.4 Å². The first-order valence-electron chi connectivity index (χ1n) is 9.09. The van der Waals surface area contributed by atoms with Crippen molar-refractivity contribution in [2.75, 3.05) is 36.9 Å². The Labute approximate surface area is 175 Å². The lowest BCUT2D eigenvalue weighted by molar-refractivity contribution is -0.114. The van der Waals surface area contributed by atoms with Gasteiger partial charge in [0.25, 0.3) is 0 Å². The molecule has 0 bridgehead atoms. The average molecular weight is 437 g/mol. The average Bonchev–Trinajstić information content (AvgIpc) is 2.68. The van der Waals surface area contributed by atoms with Crippen molar-refractivity contribution in [2.45, 2.75) is 13.8 Å². The normalized spacial score (nSPS) is 11.3. The van der Waals surface area contributed by atoms with Gasteiger partial charge in [0.05, 0.1) is 17.9 Å². The minimum Gasteiger partial charge on any atom is -0.462 e. The van der Waals surface area contributed by atoms with E-state index in [1.165, 1.54) is 32.3 Å². The van der Waals surface area contributed by atoms with Gasteiger partial charge < -0.3 is 10.1 Å². The highest BCUT2D eigenvalue weighted by atomic mass is 32.2. The van der Waals surface area contributed by atoms with Crippen LogP contribution >= 0.6 is 0 Å². The number of carbonyl (C=O) groups is 2. The summed E-state index contributed by atoms with van der Waals surface area (Å²) in [6.45, 7) is 3.08. The Kier molecular flexibility index (Phi) is 7.52. The van der Waals surface area contributed by atoms with Gasteiger partial charge in [-0.1, -0.05) is 6.07 Å². The Bertz CT molecular complexity index is 1020. The van der Waals surface area contributed by atoms with E-state index in [1.54, 1.807) is 26.0 Å². The number of carbonyl (C=O) groups excluding carboxylic acids is 2. The number of hydrogen-bond donors (Lipinski definition) is 1. The molecule has 0 saturated carbocycles. The van der Waals surface area contributed by atoms with Gasteiger partial charge >= 0.3 is 16.2 Å². The molecule has 0 atom stereocenters. The molecule has 1 amide bonds. The van der Waals surface area contributed by atoms with Crippen LogP contribution in [0.15, 0.2) is 42.5 Å². The summed E-state index contributed by atoms with van der Waals surface area (Å²) in [5.41, 5.74) is 1.43. The summed E-state index contributed by atoms with van der Waals surface area (Å²) in [6.07, 6.45) is 0. The molecule has 0 fully saturated rings. The van der Waals surface area contributed by atoms with Gasteiger partial charge in [0.2, 0.25) is 5.91 Å². The monoisotopic (exact) mass is 437 g/mol. The van der Waals surface area contributed by atoms with Gasteiger partial charge in [0.1, 0.15) is 12.4 Å². The Balaban J connectivity index is 2.29. The SMILES string of the molecule is CCOC(=O)c1ccc(C)c(NC(=O)CN(c2ccc(F)cc2)S(=O)(=O)N(C)C)c1. The molecule has 0 unspecified atom stereocenters. The first-order chi connectivity index (χ1) is 14.1. The largest absolute Gasteiger partial charge is 0.462 e. The predicted molar refractivity (Wildman–Crippen MR) is 112 cm³/mol.